The minimum atomic E-state index is -1.54. The maximum absolute atomic E-state index is 14.7. The number of anilines is 1. The largest absolute Gasteiger partial charge is 0.495 e. The van der Waals surface area contributed by atoms with Gasteiger partial charge >= 0.3 is 12.1 Å². The van der Waals surface area contributed by atoms with Crippen LogP contribution in [0.4, 0.5) is 9.93 Å². The Morgan fingerprint density at radius 2 is 1.81 bits per heavy atom. The zero-order chi connectivity index (χ0) is 41.7. The number of halogens is 1. The number of carboxylic acids is 1. The zero-order valence-corrected chi connectivity index (χ0v) is 35.1. The Hall–Kier alpha value is -4.67. The van der Waals surface area contributed by atoms with Crippen LogP contribution in [0.3, 0.4) is 0 Å². The fourth-order valence-corrected chi connectivity index (χ4v) is 9.33. The van der Waals surface area contributed by atoms with Gasteiger partial charge in [0.2, 0.25) is 11.8 Å². The highest BCUT2D eigenvalue weighted by Gasteiger charge is 2.61. The smallest absolute Gasteiger partial charge is 0.408 e. The second-order valence-corrected chi connectivity index (χ2v) is 18.3. The summed E-state index contributed by atoms with van der Waals surface area (Å²) in [6, 6.07) is 3.12. The van der Waals surface area contributed by atoms with Crippen molar-refractivity contribution in [3.05, 3.63) is 41.3 Å². The molecule has 7 rings (SSSR count). The number of likely N-dealkylation sites (tertiary alicyclic amines) is 1. The quantitative estimate of drug-likeness (QED) is 0.143. The number of benzene rings is 1. The predicted octanol–water partition coefficient (Wildman–Crippen LogP) is 6.19. The van der Waals surface area contributed by atoms with Gasteiger partial charge in [0, 0.05) is 48.1 Å². The Balaban J connectivity index is 1.20. The Morgan fingerprint density at radius 3 is 2.43 bits per heavy atom. The number of alkyl carbamates (subject to hydrolysis) is 1. The summed E-state index contributed by atoms with van der Waals surface area (Å²) in [6.45, 7) is 13.1. The van der Waals surface area contributed by atoms with E-state index in [4.69, 9.17) is 40.5 Å². The van der Waals surface area contributed by atoms with Gasteiger partial charge in [0.15, 0.2) is 5.13 Å². The lowest BCUT2D eigenvalue weighted by Crippen LogP contribution is -2.59. The second-order valence-electron chi connectivity index (χ2n) is 17.0. The molecule has 312 valence electrons. The predicted molar refractivity (Wildman–Crippen MR) is 218 cm³/mol. The van der Waals surface area contributed by atoms with Crippen LogP contribution in [-0.2, 0) is 23.9 Å². The molecule has 2 aromatic heterocycles. The molecular formula is C41H51ClN6O9S. The topological polar surface area (TPSA) is 191 Å². The van der Waals surface area contributed by atoms with E-state index in [0.717, 1.165) is 12.8 Å². The van der Waals surface area contributed by atoms with Crippen LogP contribution in [-0.4, -0.2) is 106 Å². The highest BCUT2D eigenvalue weighted by molar-refractivity contribution is 7.14. The number of thiazole rings is 1. The van der Waals surface area contributed by atoms with Gasteiger partial charge in [-0.15, -0.1) is 17.9 Å². The number of carboxylic acid groups (broad SMARTS) is 1. The molecule has 0 radical (unpaired) electrons. The lowest BCUT2D eigenvalue weighted by molar-refractivity contribution is -0.146. The lowest BCUT2D eigenvalue weighted by Gasteiger charge is -2.36. The van der Waals surface area contributed by atoms with Crippen molar-refractivity contribution in [2.24, 2.45) is 11.3 Å². The molecule has 1 saturated carbocycles. The van der Waals surface area contributed by atoms with Crippen molar-refractivity contribution in [2.45, 2.75) is 121 Å². The molecule has 3 amide bonds. The molecule has 3 aromatic rings. The molecule has 3 aliphatic heterocycles. The Bertz CT molecular complexity index is 2090. The third-order valence-corrected chi connectivity index (χ3v) is 12.4. The van der Waals surface area contributed by atoms with Crippen LogP contribution >= 0.6 is 22.9 Å². The lowest BCUT2D eigenvalue weighted by atomic mass is 9.85. The van der Waals surface area contributed by atoms with E-state index in [2.05, 4.69) is 22.5 Å². The molecular weight excluding hydrogens is 788 g/mol. The first-order valence-electron chi connectivity index (χ1n) is 19.7. The highest BCUT2D eigenvalue weighted by Crippen LogP contribution is 2.45. The molecule has 3 saturated heterocycles. The number of carbonyl (C=O) groups excluding carboxylic acids is 3. The maximum Gasteiger partial charge on any atom is 0.408 e. The number of pyridine rings is 1. The Labute approximate surface area is 346 Å². The fourth-order valence-electron chi connectivity index (χ4n) is 8.20. The zero-order valence-electron chi connectivity index (χ0n) is 33.5. The van der Waals surface area contributed by atoms with E-state index in [-0.39, 0.29) is 48.8 Å². The molecule has 1 aromatic carbocycles. The molecule has 2 bridgehead atoms. The van der Waals surface area contributed by atoms with Gasteiger partial charge in [-0.1, -0.05) is 38.4 Å². The van der Waals surface area contributed by atoms with Crippen LogP contribution in [0.1, 0.15) is 73.1 Å². The van der Waals surface area contributed by atoms with Gasteiger partial charge in [-0.3, -0.25) is 9.59 Å². The average molecular weight is 839 g/mol. The van der Waals surface area contributed by atoms with E-state index in [1.54, 1.807) is 18.2 Å². The van der Waals surface area contributed by atoms with Gasteiger partial charge in [-0.05, 0) is 50.7 Å². The molecule has 4 fully saturated rings. The third-order valence-electron chi connectivity index (χ3n) is 11.3. The minimum Gasteiger partial charge on any atom is -0.495 e. The summed E-state index contributed by atoms with van der Waals surface area (Å²) in [4.78, 5) is 65.8. The average Bonchev–Trinajstić information content (AvgIpc) is 3.42. The summed E-state index contributed by atoms with van der Waals surface area (Å²) in [6.07, 6.45) is 2.97. The standard InChI is InChI=1S/C41H51ClN6O9S/c1-8-21-17-41(21,37(51)52)47-35(49)29-15-25(18-48(29)36(50)34(40(4,5)6)46-39(53)57-24-13-22-9-10-23(14-24)55-22)56-31-16-27(28-19-58-38(45-28)43-20(2)3)44-33-26(31)11-12-30(54-7)32(33)42/h8,11-12,16,19-25,29,34H,1,9-10,13-15,17-18H2,2-7H3,(H,43,45)(H,46,53)(H,47,49)(H,51,52)/t21?,22-,23+,24-,25?,29-,34+,41+/m0/s1. The maximum atomic E-state index is 14.7. The number of rotatable bonds is 13. The van der Waals surface area contributed by atoms with Crippen molar-refractivity contribution in [2.75, 3.05) is 19.0 Å². The normalized spacial score (nSPS) is 26.9. The van der Waals surface area contributed by atoms with Gasteiger partial charge in [0.25, 0.3) is 0 Å². The van der Waals surface area contributed by atoms with Gasteiger partial charge in [-0.25, -0.2) is 19.6 Å². The summed E-state index contributed by atoms with van der Waals surface area (Å²) < 4.78 is 23.9. The molecule has 8 atom stereocenters. The first-order valence-corrected chi connectivity index (χ1v) is 20.9. The summed E-state index contributed by atoms with van der Waals surface area (Å²) in [5.41, 5.74) is -0.893. The van der Waals surface area contributed by atoms with E-state index in [1.807, 2.05) is 40.0 Å². The van der Waals surface area contributed by atoms with E-state index in [1.165, 1.54) is 29.4 Å². The number of ether oxygens (including phenoxy) is 4. The monoisotopic (exact) mass is 838 g/mol. The highest BCUT2D eigenvalue weighted by atomic mass is 35.5. The van der Waals surface area contributed by atoms with Crippen LogP contribution < -0.4 is 25.4 Å². The number of nitrogens with zero attached hydrogens (tertiary/aromatic N) is 3. The van der Waals surface area contributed by atoms with Crippen LogP contribution in [0.2, 0.25) is 5.02 Å². The van der Waals surface area contributed by atoms with E-state index < -0.39 is 58.9 Å². The van der Waals surface area contributed by atoms with E-state index in [9.17, 15) is 24.3 Å². The van der Waals surface area contributed by atoms with E-state index >= 15 is 0 Å². The summed E-state index contributed by atoms with van der Waals surface area (Å²) in [7, 11) is 1.51. The van der Waals surface area contributed by atoms with Crippen molar-refractivity contribution >= 4 is 62.8 Å². The molecule has 0 spiro atoms. The molecule has 5 heterocycles. The fraction of sp³-hybridized carbons (Fsp3) is 0.561. The third kappa shape index (κ3) is 8.41. The molecule has 4 N–H and O–H groups in total. The number of aliphatic carboxylic acids is 1. The molecule has 1 aliphatic carbocycles. The SMILES string of the molecule is C=CC1C[C@]1(NC(=O)[C@@H]1CC(Oc2cc(-c3csc(NC(C)C)n3)nc3c(Cl)c(OC)ccc23)CN1C(=O)[C@@H](NC(=O)O[C@@H]1C[C@H]2CC[C@@H](C1)O2)C(C)(C)C)C(=O)O. The number of nitrogens with one attached hydrogen (secondary N) is 3. The number of aromatic nitrogens is 2. The van der Waals surface area contributed by atoms with Crippen molar-refractivity contribution in [3.8, 4) is 22.9 Å². The van der Waals surface area contributed by atoms with Crippen molar-refractivity contribution in [3.63, 3.8) is 0 Å². The number of fused-ring (bicyclic) bond motifs is 3. The minimum absolute atomic E-state index is 0.0143. The second kappa shape index (κ2) is 16.2. The van der Waals surface area contributed by atoms with Crippen LogP contribution in [0.15, 0.2) is 36.2 Å². The Morgan fingerprint density at radius 1 is 1.09 bits per heavy atom. The first-order chi connectivity index (χ1) is 27.5. The summed E-state index contributed by atoms with van der Waals surface area (Å²) in [5.74, 6) is -2.07. The van der Waals surface area contributed by atoms with Crippen molar-refractivity contribution < 1.29 is 43.2 Å². The van der Waals surface area contributed by atoms with Gasteiger partial charge in [-0.2, -0.15) is 0 Å². The summed E-state index contributed by atoms with van der Waals surface area (Å²) in [5, 5.41) is 22.4. The summed E-state index contributed by atoms with van der Waals surface area (Å²) >= 11 is 8.25. The molecule has 4 aliphatic rings. The number of amides is 3. The van der Waals surface area contributed by atoms with Crippen LogP contribution in [0.25, 0.3) is 22.3 Å². The van der Waals surface area contributed by atoms with Crippen LogP contribution in [0.5, 0.6) is 11.5 Å². The van der Waals surface area contributed by atoms with Gasteiger partial charge in [0.05, 0.1) is 37.1 Å². The molecule has 58 heavy (non-hydrogen) atoms. The first kappa shape index (κ1) is 41.5. The van der Waals surface area contributed by atoms with Crippen LogP contribution in [0, 0.1) is 11.3 Å². The molecule has 17 heteroatoms. The Kier molecular flexibility index (Phi) is 11.6. The van der Waals surface area contributed by atoms with Gasteiger partial charge < -0.3 is 44.9 Å². The number of carbonyl (C=O) groups is 4. The molecule has 15 nitrogen and oxygen atoms in total. The van der Waals surface area contributed by atoms with Gasteiger partial charge in [0.1, 0.15) is 52.0 Å². The number of methoxy groups -OCH3 is 1. The number of hydrogen-bond acceptors (Lipinski definition) is 12. The van der Waals surface area contributed by atoms with E-state index in [0.29, 0.717) is 51.8 Å². The van der Waals surface area contributed by atoms with Crippen molar-refractivity contribution in [1.82, 2.24) is 25.5 Å². The number of hydrogen-bond donors (Lipinski definition) is 4. The molecule has 2 unspecified atom stereocenters. The van der Waals surface area contributed by atoms with Crippen molar-refractivity contribution in [1.29, 1.82) is 0 Å².